The predicted molar refractivity (Wildman–Crippen MR) is 78.6 cm³/mol. The molecule has 1 aliphatic carbocycles. The van der Waals surface area contributed by atoms with E-state index in [2.05, 4.69) is 37.0 Å². The standard InChI is InChI=1S/C12H14Br2N4/c13-8-6-16-18-11(15)9(14)10(17-12(8)18)7-4-2-1-3-5-7/h6-7H,1-5,15H2. The lowest BCUT2D eigenvalue weighted by Crippen LogP contribution is -2.11. The normalized spacial score (nSPS) is 17.4. The molecule has 96 valence electrons. The van der Waals surface area contributed by atoms with Crippen molar-refractivity contribution < 1.29 is 0 Å². The van der Waals surface area contributed by atoms with Gasteiger partial charge in [0.1, 0.15) is 5.82 Å². The van der Waals surface area contributed by atoms with Crippen LogP contribution >= 0.6 is 31.9 Å². The van der Waals surface area contributed by atoms with Crippen LogP contribution in [0, 0.1) is 0 Å². The predicted octanol–water partition coefficient (Wildman–Crippen LogP) is 3.88. The molecule has 0 amide bonds. The van der Waals surface area contributed by atoms with E-state index in [4.69, 9.17) is 10.7 Å². The lowest BCUT2D eigenvalue weighted by molar-refractivity contribution is 0.435. The van der Waals surface area contributed by atoms with Crippen molar-refractivity contribution in [3.05, 3.63) is 20.8 Å². The lowest BCUT2D eigenvalue weighted by atomic mass is 9.87. The molecule has 2 aromatic rings. The molecule has 1 saturated carbocycles. The van der Waals surface area contributed by atoms with Crippen molar-refractivity contribution >= 4 is 43.3 Å². The first kappa shape index (κ1) is 12.4. The van der Waals surface area contributed by atoms with E-state index in [1.807, 2.05) is 0 Å². The van der Waals surface area contributed by atoms with Crippen LogP contribution in [-0.4, -0.2) is 14.6 Å². The summed E-state index contributed by atoms with van der Waals surface area (Å²) in [7, 11) is 0. The molecule has 0 atom stereocenters. The highest BCUT2D eigenvalue weighted by Gasteiger charge is 2.23. The minimum absolute atomic E-state index is 0.516. The zero-order chi connectivity index (χ0) is 12.7. The molecule has 2 heterocycles. The van der Waals surface area contributed by atoms with Gasteiger partial charge in [-0.05, 0) is 44.7 Å². The van der Waals surface area contributed by atoms with E-state index < -0.39 is 0 Å². The molecular formula is C12H14Br2N4. The van der Waals surface area contributed by atoms with Crippen LogP contribution in [0.2, 0.25) is 0 Å². The molecule has 0 bridgehead atoms. The Kier molecular flexibility index (Phi) is 3.32. The zero-order valence-corrected chi connectivity index (χ0v) is 13.0. The first-order valence-electron chi connectivity index (χ1n) is 6.16. The van der Waals surface area contributed by atoms with E-state index in [9.17, 15) is 0 Å². The third-order valence-corrected chi connectivity index (χ3v) is 4.97. The molecule has 0 saturated heterocycles. The third-order valence-electron chi connectivity index (χ3n) is 3.60. The van der Waals surface area contributed by atoms with E-state index in [-0.39, 0.29) is 0 Å². The number of nitrogen functional groups attached to an aromatic ring is 1. The van der Waals surface area contributed by atoms with E-state index in [0.29, 0.717) is 11.7 Å². The van der Waals surface area contributed by atoms with Crippen LogP contribution in [0.5, 0.6) is 0 Å². The molecule has 0 aromatic carbocycles. The van der Waals surface area contributed by atoms with Gasteiger partial charge in [-0.15, -0.1) is 0 Å². The maximum atomic E-state index is 6.13. The topological polar surface area (TPSA) is 56.2 Å². The molecule has 0 unspecified atom stereocenters. The van der Waals surface area contributed by atoms with Crippen LogP contribution < -0.4 is 5.73 Å². The van der Waals surface area contributed by atoms with Crippen LogP contribution in [0.1, 0.15) is 43.7 Å². The van der Waals surface area contributed by atoms with Crippen LogP contribution in [0.15, 0.2) is 15.1 Å². The van der Waals surface area contributed by atoms with Crippen molar-refractivity contribution in [2.45, 2.75) is 38.0 Å². The average molecular weight is 374 g/mol. The summed E-state index contributed by atoms with van der Waals surface area (Å²) in [4.78, 5) is 4.75. The Hall–Kier alpha value is -0.620. The Morgan fingerprint density at radius 1 is 1.22 bits per heavy atom. The molecule has 6 heteroatoms. The summed E-state index contributed by atoms with van der Waals surface area (Å²) >= 11 is 7.05. The second-order valence-electron chi connectivity index (χ2n) is 4.76. The number of hydrogen-bond donors (Lipinski definition) is 1. The lowest BCUT2D eigenvalue weighted by Gasteiger charge is -2.22. The summed E-state index contributed by atoms with van der Waals surface area (Å²) in [5, 5.41) is 4.22. The van der Waals surface area contributed by atoms with Crippen molar-refractivity contribution in [2.24, 2.45) is 0 Å². The van der Waals surface area contributed by atoms with Crippen molar-refractivity contribution in [1.82, 2.24) is 14.6 Å². The monoisotopic (exact) mass is 372 g/mol. The van der Waals surface area contributed by atoms with Crippen LogP contribution in [0.25, 0.3) is 5.65 Å². The molecule has 1 fully saturated rings. The number of halogens is 2. The van der Waals surface area contributed by atoms with Gasteiger partial charge in [0.25, 0.3) is 0 Å². The van der Waals surface area contributed by atoms with Gasteiger partial charge in [-0.3, -0.25) is 0 Å². The number of fused-ring (bicyclic) bond motifs is 1. The number of nitrogens with two attached hydrogens (primary N) is 1. The zero-order valence-electron chi connectivity index (χ0n) is 9.87. The van der Waals surface area contributed by atoms with Gasteiger partial charge in [0.15, 0.2) is 5.65 Å². The van der Waals surface area contributed by atoms with Crippen LogP contribution in [0.4, 0.5) is 5.82 Å². The van der Waals surface area contributed by atoms with Crippen molar-refractivity contribution in [3.8, 4) is 0 Å². The number of aromatic nitrogens is 3. The number of rotatable bonds is 1. The van der Waals surface area contributed by atoms with E-state index in [1.54, 1.807) is 10.7 Å². The highest BCUT2D eigenvalue weighted by atomic mass is 79.9. The van der Waals surface area contributed by atoms with Gasteiger partial charge >= 0.3 is 0 Å². The summed E-state index contributed by atoms with van der Waals surface area (Å²) in [5.41, 5.74) is 8.02. The van der Waals surface area contributed by atoms with Crippen molar-refractivity contribution in [1.29, 1.82) is 0 Å². The highest BCUT2D eigenvalue weighted by Crippen LogP contribution is 2.38. The van der Waals surface area contributed by atoms with Gasteiger partial charge in [0.05, 0.1) is 20.8 Å². The van der Waals surface area contributed by atoms with Crippen LogP contribution in [0.3, 0.4) is 0 Å². The summed E-state index contributed by atoms with van der Waals surface area (Å²) in [5.74, 6) is 1.15. The minimum atomic E-state index is 0.516. The number of nitrogens with zero attached hydrogens (tertiary/aromatic N) is 3. The Balaban J connectivity index is 2.15. The minimum Gasteiger partial charge on any atom is -0.383 e. The Morgan fingerprint density at radius 3 is 2.67 bits per heavy atom. The van der Waals surface area contributed by atoms with E-state index in [1.165, 1.54) is 32.1 Å². The average Bonchev–Trinajstić information content (AvgIpc) is 2.77. The molecule has 3 rings (SSSR count). The largest absolute Gasteiger partial charge is 0.383 e. The smallest absolute Gasteiger partial charge is 0.172 e. The molecule has 0 radical (unpaired) electrons. The first-order valence-corrected chi connectivity index (χ1v) is 7.75. The van der Waals surface area contributed by atoms with E-state index in [0.717, 1.165) is 20.3 Å². The van der Waals surface area contributed by atoms with Crippen molar-refractivity contribution in [3.63, 3.8) is 0 Å². The number of anilines is 1. The molecule has 0 spiro atoms. The summed E-state index contributed by atoms with van der Waals surface area (Å²) in [6.07, 6.45) is 8.03. The summed E-state index contributed by atoms with van der Waals surface area (Å²) in [6.45, 7) is 0. The summed E-state index contributed by atoms with van der Waals surface area (Å²) < 4.78 is 3.46. The Morgan fingerprint density at radius 2 is 1.94 bits per heavy atom. The van der Waals surface area contributed by atoms with Crippen molar-refractivity contribution in [2.75, 3.05) is 5.73 Å². The van der Waals surface area contributed by atoms with Crippen LogP contribution in [-0.2, 0) is 0 Å². The van der Waals surface area contributed by atoms with Gasteiger partial charge in [0.2, 0.25) is 0 Å². The maximum absolute atomic E-state index is 6.13. The fraction of sp³-hybridized carbons (Fsp3) is 0.500. The van der Waals surface area contributed by atoms with Gasteiger partial charge in [-0.1, -0.05) is 19.3 Å². The first-order chi connectivity index (χ1) is 8.68. The second-order valence-corrected chi connectivity index (χ2v) is 6.41. The second kappa shape index (κ2) is 4.81. The molecule has 0 aliphatic heterocycles. The maximum Gasteiger partial charge on any atom is 0.172 e. The SMILES string of the molecule is Nc1c(Br)c(C2CCCCC2)nc2c(Br)cnn12. The fourth-order valence-electron chi connectivity index (χ4n) is 2.63. The summed E-state index contributed by atoms with van der Waals surface area (Å²) in [6, 6.07) is 0. The van der Waals surface area contributed by atoms with Gasteiger partial charge in [0, 0.05) is 5.92 Å². The Bertz CT molecular complexity index is 587. The molecule has 2 aromatic heterocycles. The fourth-order valence-corrected chi connectivity index (χ4v) is 3.56. The van der Waals surface area contributed by atoms with Gasteiger partial charge in [-0.25, -0.2) is 4.98 Å². The van der Waals surface area contributed by atoms with E-state index >= 15 is 0 Å². The molecule has 1 aliphatic rings. The quantitative estimate of drug-likeness (QED) is 0.824. The third kappa shape index (κ3) is 1.95. The molecule has 2 N–H and O–H groups in total. The molecule has 18 heavy (non-hydrogen) atoms. The molecule has 4 nitrogen and oxygen atoms in total. The Labute approximate surface area is 122 Å². The number of hydrogen-bond acceptors (Lipinski definition) is 3. The van der Waals surface area contributed by atoms with Gasteiger partial charge < -0.3 is 5.73 Å². The van der Waals surface area contributed by atoms with Gasteiger partial charge in [-0.2, -0.15) is 9.61 Å². The highest BCUT2D eigenvalue weighted by molar-refractivity contribution is 9.11. The molecular weight excluding hydrogens is 360 g/mol.